The van der Waals surface area contributed by atoms with Gasteiger partial charge in [0.1, 0.15) is 6.04 Å². The first-order valence-electron chi connectivity index (χ1n) is 11.6. The molecular formula is C27H38N2O2. The molecule has 1 N–H and O–H groups in total. The first kappa shape index (κ1) is 24.6. The maximum absolute atomic E-state index is 13.3. The normalized spacial score (nSPS) is 11.9. The van der Waals surface area contributed by atoms with Crippen LogP contribution < -0.4 is 5.32 Å². The standard InChI is InChI=1S/C27H38N2O2/c1-6-18-28-27(31)25(7-2)29(19-24-11-9-8-10-21(24)5)26(30)17-14-22-12-15-23(16-13-22)20(3)4/h8-13,15-16,20,25H,6-7,14,17-19H2,1-5H3,(H,28,31)/t25-/m0/s1. The molecule has 0 unspecified atom stereocenters. The molecule has 0 saturated heterocycles. The summed E-state index contributed by atoms with van der Waals surface area (Å²) in [5, 5.41) is 2.98. The topological polar surface area (TPSA) is 49.4 Å². The first-order valence-corrected chi connectivity index (χ1v) is 11.6. The summed E-state index contributed by atoms with van der Waals surface area (Å²) in [7, 11) is 0. The number of carbonyl (C=O) groups is 2. The fraction of sp³-hybridized carbons (Fsp3) is 0.481. The fourth-order valence-electron chi connectivity index (χ4n) is 3.72. The molecule has 2 rings (SSSR count). The SMILES string of the molecule is CCCNC(=O)[C@H](CC)N(Cc1ccccc1C)C(=O)CCc1ccc(C(C)C)cc1. The third-order valence-corrected chi connectivity index (χ3v) is 5.81. The predicted octanol–water partition coefficient (Wildman–Crippen LogP) is 5.38. The van der Waals surface area contributed by atoms with E-state index in [1.165, 1.54) is 5.56 Å². The van der Waals surface area contributed by atoms with Crippen molar-refractivity contribution in [3.05, 3.63) is 70.8 Å². The quantitative estimate of drug-likeness (QED) is 0.528. The second kappa shape index (κ2) is 12.3. The van der Waals surface area contributed by atoms with Crippen molar-refractivity contribution in [1.29, 1.82) is 0 Å². The molecule has 0 aliphatic carbocycles. The molecule has 0 spiro atoms. The Bertz CT molecular complexity index is 843. The highest BCUT2D eigenvalue weighted by molar-refractivity contribution is 5.87. The molecular weight excluding hydrogens is 384 g/mol. The van der Waals surface area contributed by atoms with E-state index in [4.69, 9.17) is 0 Å². The second-order valence-electron chi connectivity index (χ2n) is 8.56. The lowest BCUT2D eigenvalue weighted by Gasteiger charge is -2.31. The molecule has 31 heavy (non-hydrogen) atoms. The van der Waals surface area contributed by atoms with E-state index >= 15 is 0 Å². The average molecular weight is 423 g/mol. The smallest absolute Gasteiger partial charge is 0.242 e. The van der Waals surface area contributed by atoms with Crippen molar-refractivity contribution in [1.82, 2.24) is 10.2 Å². The van der Waals surface area contributed by atoms with Gasteiger partial charge in [0.2, 0.25) is 11.8 Å². The van der Waals surface area contributed by atoms with Crippen molar-refractivity contribution in [2.45, 2.75) is 78.8 Å². The molecule has 2 aromatic rings. The molecule has 0 saturated carbocycles. The van der Waals surface area contributed by atoms with Gasteiger partial charge in [-0.1, -0.05) is 76.2 Å². The van der Waals surface area contributed by atoms with Crippen molar-refractivity contribution in [2.75, 3.05) is 6.54 Å². The Labute approximate surface area is 188 Å². The van der Waals surface area contributed by atoms with Gasteiger partial charge in [-0.15, -0.1) is 0 Å². The van der Waals surface area contributed by atoms with Gasteiger partial charge in [0.05, 0.1) is 0 Å². The van der Waals surface area contributed by atoms with Crippen LogP contribution in [0.1, 0.15) is 75.1 Å². The largest absolute Gasteiger partial charge is 0.354 e. The minimum Gasteiger partial charge on any atom is -0.354 e. The van der Waals surface area contributed by atoms with E-state index in [9.17, 15) is 9.59 Å². The Morgan fingerprint density at radius 1 is 1.00 bits per heavy atom. The number of hydrogen-bond donors (Lipinski definition) is 1. The van der Waals surface area contributed by atoms with Crippen LogP contribution in [0.25, 0.3) is 0 Å². The van der Waals surface area contributed by atoms with Crippen LogP contribution in [0.15, 0.2) is 48.5 Å². The molecule has 0 aliphatic rings. The second-order valence-corrected chi connectivity index (χ2v) is 8.56. The molecule has 1 atom stereocenters. The molecule has 4 nitrogen and oxygen atoms in total. The number of nitrogens with one attached hydrogen (secondary N) is 1. The van der Waals surface area contributed by atoms with Crippen LogP contribution in [0.4, 0.5) is 0 Å². The molecule has 0 aliphatic heterocycles. The molecule has 0 fully saturated rings. The highest BCUT2D eigenvalue weighted by Gasteiger charge is 2.28. The third kappa shape index (κ3) is 7.23. The molecule has 4 heteroatoms. The van der Waals surface area contributed by atoms with Crippen LogP contribution in [-0.2, 0) is 22.6 Å². The van der Waals surface area contributed by atoms with Crippen molar-refractivity contribution in [2.24, 2.45) is 0 Å². The zero-order valence-electron chi connectivity index (χ0n) is 19.8. The van der Waals surface area contributed by atoms with Gasteiger partial charge in [-0.05, 0) is 54.4 Å². The number of nitrogens with zero attached hydrogens (tertiary/aromatic N) is 1. The molecule has 0 radical (unpaired) electrons. The number of benzene rings is 2. The molecule has 168 valence electrons. The van der Waals surface area contributed by atoms with Crippen LogP contribution in [0, 0.1) is 6.92 Å². The van der Waals surface area contributed by atoms with Crippen molar-refractivity contribution >= 4 is 11.8 Å². The van der Waals surface area contributed by atoms with Crippen LogP contribution in [-0.4, -0.2) is 29.3 Å². The summed E-state index contributed by atoms with van der Waals surface area (Å²) in [6.07, 6.45) is 2.54. The summed E-state index contributed by atoms with van der Waals surface area (Å²) in [4.78, 5) is 27.9. The summed E-state index contributed by atoms with van der Waals surface area (Å²) < 4.78 is 0. The maximum atomic E-state index is 13.3. The van der Waals surface area contributed by atoms with Crippen LogP contribution >= 0.6 is 0 Å². The van der Waals surface area contributed by atoms with E-state index in [1.807, 2.05) is 45.0 Å². The number of hydrogen-bond acceptors (Lipinski definition) is 2. The number of carbonyl (C=O) groups excluding carboxylic acids is 2. The summed E-state index contributed by atoms with van der Waals surface area (Å²) in [6, 6.07) is 16.1. The molecule has 2 amide bonds. The summed E-state index contributed by atoms with van der Waals surface area (Å²) >= 11 is 0. The zero-order valence-corrected chi connectivity index (χ0v) is 19.8. The molecule has 0 heterocycles. The Morgan fingerprint density at radius 2 is 1.68 bits per heavy atom. The van der Waals surface area contributed by atoms with Crippen molar-refractivity contribution in [3.8, 4) is 0 Å². The lowest BCUT2D eigenvalue weighted by molar-refractivity contribution is -0.141. The van der Waals surface area contributed by atoms with E-state index in [-0.39, 0.29) is 11.8 Å². The molecule has 0 bridgehead atoms. The zero-order chi connectivity index (χ0) is 22.8. The highest BCUT2D eigenvalue weighted by atomic mass is 16.2. The van der Waals surface area contributed by atoms with E-state index in [1.54, 1.807) is 4.90 Å². The highest BCUT2D eigenvalue weighted by Crippen LogP contribution is 2.19. The van der Waals surface area contributed by atoms with Crippen molar-refractivity contribution in [3.63, 3.8) is 0 Å². The lowest BCUT2D eigenvalue weighted by Crippen LogP contribution is -2.49. The van der Waals surface area contributed by atoms with Crippen molar-refractivity contribution < 1.29 is 9.59 Å². The van der Waals surface area contributed by atoms with Gasteiger partial charge >= 0.3 is 0 Å². The third-order valence-electron chi connectivity index (χ3n) is 5.81. The predicted molar refractivity (Wildman–Crippen MR) is 128 cm³/mol. The van der Waals surface area contributed by atoms with Crippen LogP contribution in [0.5, 0.6) is 0 Å². The summed E-state index contributed by atoms with van der Waals surface area (Å²) in [5.41, 5.74) is 4.67. The maximum Gasteiger partial charge on any atom is 0.242 e. The number of aryl methyl sites for hydroxylation is 2. The van der Waals surface area contributed by atoms with E-state index in [0.717, 1.165) is 23.1 Å². The lowest BCUT2D eigenvalue weighted by atomic mass is 10.00. The Balaban J connectivity index is 2.18. The number of amides is 2. The van der Waals surface area contributed by atoms with Gasteiger partial charge in [-0.2, -0.15) is 0 Å². The van der Waals surface area contributed by atoms with Gasteiger partial charge in [0.15, 0.2) is 0 Å². The van der Waals surface area contributed by atoms with E-state index in [2.05, 4.69) is 43.4 Å². The van der Waals surface area contributed by atoms with Crippen LogP contribution in [0.2, 0.25) is 0 Å². The monoisotopic (exact) mass is 422 g/mol. The Kier molecular flexibility index (Phi) is 9.77. The van der Waals surface area contributed by atoms with Gasteiger partial charge in [-0.3, -0.25) is 9.59 Å². The van der Waals surface area contributed by atoms with E-state index in [0.29, 0.717) is 38.3 Å². The molecule has 0 aromatic heterocycles. The minimum absolute atomic E-state index is 0.0229. The van der Waals surface area contributed by atoms with Gasteiger partial charge in [-0.25, -0.2) is 0 Å². The van der Waals surface area contributed by atoms with Gasteiger partial charge in [0.25, 0.3) is 0 Å². The average Bonchev–Trinajstić information content (AvgIpc) is 2.77. The van der Waals surface area contributed by atoms with E-state index < -0.39 is 6.04 Å². The first-order chi connectivity index (χ1) is 14.9. The minimum atomic E-state index is -0.457. The van der Waals surface area contributed by atoms with Gasteiger partial charge in [0, 0.05) is 19.5 Å². The fourth-order valence-corrected chi connectivity index (χ4v) is 3.72. The number of rotatable bonds is 11. The van der Waals surface area contributed by atoms with Gasteiger partial charge < -0.3 is 10.2 Å². The molecule has 2 aromatic carbocycles. The summed E-state index contributed by atoms with van der Waals surface area (Å²) in [5.74, 6) is 0.453. The summed E-state index contributed by atoms with van der Waals surface area (Å²) in [6.45, 7) is 11.5. The Hall–Kier alpha value is -2.62. The Morgan fingerprint density at radius 3 is 2.26 bits per heavy atom. The van der Waals surface area contributed by atoms with Crippen LogP contribution in [0.3, 0.4) is 0 Å².